The Morgan fingerprint density at radius 1 is 1.37 bits per heavy atom. The highest BCUT2D eigenvalue weighted by Gasteiger charge is 2.22. The van der Waals surface area contributed by atoms with Gasteiger partial charge in [-0.15, -0.1) is 0 Å². The van der Waals surface area contributed by atoms with Crippen LogP contribution in [0.5, 0.6) is 0 Å². The van der Waals surface area contributed by atoms with Gasteiger partial charge in [0.1, 0.15) is 13.1 Å². The summed E-state index contributed by atoms with van der Waals surface area (Å²) in [4.78, 5) is 15.7. The number of amides is 1. The van der Waals surface area contributed by atoms with Crippen molar-refractivity contribution < 1.29 is 15.0 Å². The standard InChI is InChI=1S/C15H23N3O/c1-17(2)11-9-16-12-15(19)18-10-5-7-13-6-3-4-8-14(13)18/h3-4,6,8,16H,5,7,9-12H2,1-2H3/p+2. The zero-order valence-electron chi connectivity index (χ0n) is 12.0. The van der Waals surface area contributed by atoms with E-state index in [1.807, 2.05) is 11.0 Å². The van der Waals surface area contributed by atoms with Crippen LogP contribution in [0.1, 0.15) is 12.0 Å². The topological polar surface area (TPSA) is 41.4 Å². The number of benzene rings is 1. The third kappa shape index (κ3) is 3.78. The third-order valence-corrected chi connectivity index (χ3v) is 3.58. The molecule has 0 spiro atoms. The average molecular weight is 263 g/mol. The number of likely N-dealkylation sites (N-methyl/N-ethyl adjacent to an activating group) is 1. The van der Waals surface area contributed by atoms with Crippen LogP contribution in [0.2, 0.25) is 0 Å². The summed E-state index contributed by atoms with van der Waals surface area (Å²) < 4.78 is 0. The fourth-order valence-electron chi connectivity index (χ4n) is 2.52. The number of fused-ring (bicyclic) bond motifs is 1. The van der Waals surface area contributed by atoms with Gasteiger partial charge in [-0.25, -0.2) is 0 Å². The molecule has 19 heavy (non-hydrogen) atoms. The molecule has 0 unspecified atom stereocenters. The predicted octanol–water partition coefficient (Wildman–Crippen LogP) is -1.33. The summed E-state index contributed by atoms with van der Waals surface area (Å²) in [6.45, 7) is 3.51. The first-order valence-corrected chi connectivity index (χ1v) is 7.17. The second-order valence-electron chi connectivity index (χ2n) is 5.52. The highest BCUT2D eigenvalue weighted by molar-refractivity contribution is 5.95. The molecule has 0 aromatic heterocycles. The Morgan fingerprint density at radius 3 is 2.95 bits per heavy atom. The van der Waals surface area contributed by atoms with Crippen LogP contribution in [0.15, 0.2) is 24.3 Å². The van der Waals surface area contributed by atoms with Crippen molar-refractivity contribution in [2.24, 2.45) is 0 Å². The zero-order chi connectivity index (χ0) is 13.7. The van der Waals surface area contributed by atoms with Crippen molar-refractivity contribution in [2.45, 2.75) is 12.8 Å². The molecular weight excluding hydrogens is 238 g/mol. The van der Waals surface area contributed by atoms with E-state index >= 15 is 0 Å². The van der Waals surface area contributed by atoms with Gasteiger partial charge in [0.25, 0.3) is 5.91 Å². The van der Waals surface area contributed by atoms with Crippen LogP contribution >= 0.6 is 0 Å². The van der Waals surface area contributed by atoms with Crippen molar-refractivity contribution in [2.75, 3.05) is 45.2 Å². The molecule has 0 aliphatic carbocycles. The summed E-state index contributed by atoms with van der Waals surface area (Å²) in [6.07, 6.45) is 2.16. The predicted molar refractivity (Wildman–Crippen MR) is 76.5 cm³/mol. The van der Waals surface area contributed by atoms with E-state index in [9.17, 15) is 4.79 Å². The molecule has 4 nitrogen and oxygen atoms in total. The minimum absolute atomic E-state index is 0.237. The second-order valence-corrected chi connectivity index (χ2v) is 5.52. The Labute approximate surface area is 115 Å². The van der Waals surface area contributed by atoms with Crippen molar-refractivity contribution >= 4 is 11.6 Å². The van der Waals surface area contributed by atoms with E-state index in [2.05, 4.69) is 37.6 Å². The van der Waals surface area contributed by atoms with Gasteiger partial charge in [-0.2, -0.15) is 0 Å². The molecule has 1 aromatic carbocycles. The minimum atomic E-state index is 0.237. The highest BCUT2D eigenvalue weighted by atomic mass is 16.2. The van der Waals surface area contributed by atoms with Crippen molar-refractivity contribution in [3.05, 3.63) is 29.8 Å². The maximum Gasteiger partial charge on any atom is 0.282 e. The Bertz CT molecular complexity index is 431. The molecule has 1 aliphatic rings. The molecule has 0 fully saturated rings. The maximum absolute atomic E-state index is 12.3. The van der Waals surface area contributed by atoms with Gasteiger partial charge >= 0.3 is 0 Å². The first kappa shape index (κ1) is 14.0. The number of anilines is 1. The molecule has 0 saturated carbocycles. The quantitative estimate of drug-likeness (QED) is 0.635. The molecule has 3 N–H and O–H groups in total. The van der Waals surface area contributed by atoms with Crippen LogP contribution in [0.4, 0.5) is 5.69 Å². The fourth-order valence-corrected chi connectivity index (χ4v) is 2.52. The largest absolute Gasteiger partial charge is 0.335 e. The zero-order valence-corrected chi connectivity index (χ0v) is 12.0. The van der Waals surface area contributed by atoms with Crippen molar-refractivity contribution in [3.63, 3.8) is 0 Å². The first-order chi connectivity index (χ1) is 9.18. The number of hydrogen-bond donors (Lipinski definition) is 2. The van der Waals surface area contributed by atoms with Crippen LogP contribution < -0.4 is 15.1 Å². The summed E-state index contributed by atoms with van der Waals surface area (Å²) in [6, 6.07) is 8.27. The van der Waals surface area contributed by atoms with E-state index < -0.39 is 0 Å². The first-order valence-electron chi connectivity index (χ1n) is 7.17. The number of carbonyl (C=O) groups is 1. The van der Waals surface area contributed by atoms with E-state index in [-0.39, 0.29) is 5.91 Å². The van der Waals surface area contributed by atoms with E-state index in [1.165, 1.54) is 10.5 Å². The van der Waals surface area contributed by atoms with Gasteiger partial charge in [-0.1, -0.05) is 18.2 Å². The number of rotatable bonds is 5. The summed E-state index contributed by atoms with van der Waals surface area (Å²) in [5.74, 6) is 0.237. The number of nitrogens with one attached hydrogen (secondary N) is 1. The molecule has 0 atom stereocenters. The molecule has 0 bridgehead atoms. The molecule has 2 rings (SSSR count). The third-order valence-electron chi connectivity index (χ3n) is 3.58. The Balaban J connectivity index is 1.90. The summed E-state index contributed by atoms with van der Waals surface area (Å²) in [5, 5.41) is 2.12. The van der Waals surface area contributed by atoms with E-state index in [1.54, 1.807) is 0 Å². The van der Waals surface area contributed by atoms with Gasteiger partial charge in [-0.05, 0) is 24.5 Å². The number of nitrogens with two attached hydrogens (primary N) is 1. The van der Waals surface area contributed by atoms with Crippen LogP contribution in [-0.2, 0) is 11.2 Å². The number of aryl methyl sites for hydroxylation is 1. The average Bonchev–Trinajstić information content (AvgIpc) is 2.42. The molecule has 104 valence electrons. The summed E-state index contributed by atoms with van der Waals surface area (Å²) in [7, 11) is 4.27. The molecule has 0 saturated heterocycles. The smallest absolute Gasteiger partial charge is 0.282 e. The summed E-state index contributed by atoms with van der Waals surface area (Å²) in [5.41, 5.74) is 2.42. The van der Waals surface area contributed by atoms with Gasteiger partial charge < -0.3 is 15.1 Å². The van der Waals surface area contributed by atoms with Crippen LogP contribution in [-0.4, -0.2) is 46.2 Å². The number of carbonyl (C=O) groups excluding carboxylic acids is 1. The lowest BCUT2D eigenvalue weighted by molar-refractivity contribution is -0.873. The monoisotopic (exact) mass is 263 g/mol. The van der Waals surface area contributed by atoms with Gasteiger partial charge in [0.05, 0.1) is 14.1 Å². The van der Waals surface area contributed by atoms with Gasteiger partial charge in [0.2, 0.25) is 0 Å². The molecule has 1 aliphatic heterocycles. The maximum atomic E-state index is 12.3. The van der Waals surface area contributed by atoms with Gasteiger partial charge in [0, 0.05) is 12.2 Å². The molecule has 0 radical (unpaired) electrons. The lowest BCUT2D eigenvalue weighted by Crippen LogP contribution is -3.09. The van der Waals surface area contributed by atoms with Gasteiger partial charge in [-0.3, -0.25) is 4.79 Å². The number of nitrogens with zero attached hydrogens (tertiary/aromatic N) is 1. The normalized spacial score (nSPS) is 14.6. The molecule has 4 heteroatoms. The SMILES string of the molecule is C[NH+](C)CC[NH2+]CC(=O)N1CCCc2ccccc21. The highest BCUT2D eigenvalue weighted by Crippen LogP contribution is 2.26. The van der Waals surface area contributed by atoms with Crippen molar-refractivity contribution in [1.82, 2.24) is 0 Å². The van der Waals surface area contributed by atoms with Crippen molar-refractivity contribution in [1.29, 1.82) is 0 Å². The fraction of sp³-hybridized carbons (Fsp3) is 0.533. The number of quaternary nitrogens is 2. The number of hydrogen-bond acceptors (Lipinski definition) is 1. The Hall–Kier alpha value is -1.39. The van der Waals surface area contributed by atoms with Crippen LogP contribution in [0, 0.1) is 0 Å². The summed E-state index contributed by atoms with van der Waals surface area (Å²) >= 11 is 0. The molecule has 1 aromatic rings. The molecule has 1 amide bonds. The van der Waals surface area contributed by atoms with E-state index in [0.717, 1.165) is 38.2 Å². The molecular formula is C15H25N3O+2. The number of para-hydroxylation sites is 1. The van der Waals surface area contributed by atoms with Crippen molar-refractivity contribution in [3.8, 4) is 0 Å². The van der Waals surface area contributed by atoms with E-state index in [0.29, 0.717) is 6.54 Å². The van der Waals surface area contributed by atoms with E-state index in [4.69, 9.17) is 0 Å². The lowest BCUT2D eigenvalue weighted by Gasteiger charge is -2.28. The Morgan fingerprint density at radius 2 is 2.16 bits per heavy atom. The minimum Gasteiger partial charge on any atom is -0.335 e. The lowest BCUT2D eigenvalue weighted by atomic mass is 10.0. The Kier molecular flexibility index (Phi) is 4.93. The van der Waals surface area contributed by atoms with Crippen LogP contribution in [0.3, 0.4) is 0 Å². The molecule has 1 heterocycles. The van der Waals surface area contributed by atoms with Gasteiger partial charge in [0.15, 0.2) is 6.54 Å². The van der Waals surface area contributed by atoms with Crippen LogP contribution in [0.25, 0.3) is 0 Å². The second kappa shape index (κ2) is 6.68.